The molecule has 0 radical (unpaired) electrons. The fourth-order valence-electron chi connectivity index (χ4n) is 2.22. The van der Waals surface area contributed by atoms with E-state index in [0.717, 1.165) is 17.7 Å². The van der Waals surface area contributed by atoms with E-state index in [-0.39, 0.29) is 18.1 Å². The smallest absolute Gasteiger partial charge is 0.256 e. The quantitative estimate of drug-likeness (QED) is 0.822. The van der Waals surface area contributed by atoms with Gasteiger partial charge < -0.3 is 9.64 Å². The highest BCUT2D eigenvalue weighted by molar-refractivity contribution is 5.98. The first-order chi connectivity index (χ1) is 8.50. The molecule has 0 aromatic heterocycles. The lowest BCUT2D eigenvalue weighted by molar-refractivity contribution is -0.142. The number of aryl methyl sites for hydroxylation is 2. The van der Waals surface area contributed by atoms with E-state index in [1.54, 1.807) is 0 Å². The molecule has 1 amide bonds. The molecule has 98 valence electrons. The molecule has 0 unspecified atom stereocenters. The number of benzene rings is 1. The summed E-state index contributed by atoms with van der Waals surface area (Å²) in [5, 5.41) is 0. The monoisotopic (exact) mass is 247 g/mol. The Balaban J connectivity index is 2.34. The van der Waals surface area contributed by atoms with Crippen molar-refractivity contribution in [3.8, 4) is 0 Å². The number of rotatable bonds is 3. The van der Waals surface area contributed by atoms with Crippen molar-refractivity contribution in [2.75, 3.05) is 11.5 Å². The summed E-state index contributed by atoms with van der Waals surface area (Å²) in [4.78, 5) is 14.3. The van der Waals surface area contributed by atoms with Crippen LogP contribution in [-0.4, -0.2) is 24.7 Å². The van der Waals surface area contributed by atoms with Crippen molar-refractivity contribution in [2.24, 2.45) is 0 Å². The second kappa shape index (κ2) is 5.11. The van der Waals surface area contributed by atoms with Crippen LogP contribution < -0.4 is 4.90 Å². The van der Waals surface area contributed by atoms with E-state index in [2.05, 4.69) is 18.2 Å². The van der Waals surface area contributed by atoms with Crippen LogP contribution in [0.2, 0.25) is 0 Å². The third-order valence-corrected chi connectivity index (χ3v) is 3.35. The summed E-state index contributed by atoms with van der Waals surface area (Å²) in [5.41, 5.74) is 3.30. The zero-order valence-corrected chi connectivity index (χ0v) is 11.6. The second-order valence-corrected chi connectivity index (χ2v) is 5.24. The van der Waals surface area contributed by atoms with E-state index in [1.807, 2.05) is 32.6 Å². The van der Waals surface area contributed by atoms with Crippen molar-refractivity contribution in [3.05, 3.63) is 29.3 Å². The zero-order chi connectivity index (χ0) is 13.3. The van der Waals surface area contributed by atoms with E-state index in [9.17, 15) is 4.79 Å². The van der Waals surface area contributed by atoms with Crippen molar-refractivity contribution in [1.82, 2.24) is 0 Å². The second-order valence-electron chi connectivity index (χ2n) is 5.24. The third kappa shape index (κ3) is 2.41. The molecular weight excluding hydrogens is 226 g/mol. The molecular formula is C15H21NO2. The Hall–Kier alpha value is -1.35. The minimum absolute atomic E-state index is 0.0879. The summed E-state index contributed by atoms with van der Waals surface area (Å²) in [6.45, 7) is 8.87. The van der Waals surface area contributed by atoms with Gasteiger partial charge in [-0.15, -0.1) is 0 Å². The molecule has 1 saturated heterocycles. The molecule has 0 spiro atoms. The largest absolute Gasteiger partial charge is 0.368 e. The van der Waals surface area contributed by atoms with Gasteiger partial charge in [0.05, 0.1) is 6.61 Å². The lowest BCUT2D eigenvalue weighted by Crippen LogP contribution is -2.48. The molecule has 3 nitrogen and oxygen atoms in total. The Kier molecular flexibility index (Phi) is 3.71. The van der Waals surface area contributed by atoms with E-state index >= 15 is 0 Å². The Morgan fingerprint density at radius 1 is 1.39 bits per heavy atom. The number of hydrogen-bond donors (Lipinski definition) is 0. The van der Waals surface area contributed by atoms with Crippen molar-refractivity contribution >= 4 is 11.6 Å². The third-order valence-electron chi connectivity index (χ3n) is 3.35. The van der Waals surface area contributed by atoms with Crippen molar-refractivity contribution < 1.29 is 9.53 Å². The highest BCUT2D eigenvalue weighted by Crippen LogP contribution is 2.26. The average molecular weight is 247 g/mol. The summed E-state index contributed by atoms with van der Waals surface area (Å²) in [6.07, 6.45) is 0.597. The number of carbonyl (C=O) groups is 1. The predicted octanol–water partition coefficient (Wildman–Crippen LogP) is 2.83. The number of nitrogens with zero attached hydrogens (tertiary/aromatic N) is 1. The number of anilines is 1. The standard InChI is InChI=1S/C15H21NO2/c1-10(2)16(15(17)14-7-8-18-14)13-9-11(3)5-6-12(13)4/h5-6,9-10,14H,7-8H2,1-4H3/t14-/m0/s1. The summed E-state index contributed by atoms with van der Waals surface area (Å²) < 4.78 is 5.32. The predicted molar refractivity (Wildman–Crippen MR) is 72.9 cm³/mol. The minimum Gasteiger partial charge on any atom is -0.368 e. The number of amides is 1. The molecule has 1 fully saturated rings. The van der Waals surface area contributed by atoms with Gasteiger partial charge in [0.25, 0.3) is 5.91 Å². The Morgan fingerprint density at radius 3 is 2.56 bits per heavy atom. The molecule has 1 heterocycles. The molecule has 1 aliphatic heterocycles. The van der Waals surface area contributed by atoms with Gasteiger partial charge in [0.2, 0.25) is 0 Å². The molecule has 0 aliphatic carbocycles. The number of hydrogen-bond acceptors (Lipinski definition) is 2. The lowest BCUT2D eigenvalue weighted by atomic mass is 10.1. The molecule has 18 heavy (non-hydrogen) atoms. The average Bonchev–Trinajstić information content (AvgIpc) is 2.20. The summed E-state index contributed by atoms with van der Waals surface area (Å²) in [7, 11) is 0. The molecule has 0 bridgehead atoms. The molecule has 1 aromatic rings. The normalized spacial score (nSPS) is 18.6. The van der Waals surface area contributed by atoms with E-state index < -0.39 is 0 Å². The first-order valence-corrected chi connectivity index (χ1v) is 6.52. The number of carbonyl (C=O) groups excluding carboxylic acids is 1. The topological polar surface area (TPSA) is 29.5 Å². The van der Waals surface area contributed by atoms with Gasteiger partial charge in [-0.25, -0.2) is 0 Å². The SMILES string of the molecule is Cc1ccc(C)c(N(C(=O)[C@@H]2CCO2)C(C)C)c1. The van der Waals surface area contributed by atoms with Gasteiger partial charge in [0, 0.05) is 18.2 Å². The Labute approximate surface area is 109 Å². The van der Waals surface area contributed by atoms with Crippen molar-refractivity contribution in [1.29, 1.82) is 0 Å². The Bertz CT molecular complexity index is 450. The van der Waals surface area contributed by atoms with E-state index in [4.69, 9.17) is 4.74 Å². The van der Waals surface area contributed by atoms with E-state index in [1.165, 1.54) is 5.56 Å². The van der Waals surface area contributed by atoms with Gasteiger partial charge in [0.1, 0.15) is 6.10 Å². The zero-order valence-electron chi connectivity index (χ0n) is 11.6. The van der Waals surface area contributed by atoms with Crippen LogP contribution >= 0.6 is 0 Å². The molecule has 3 heteroatoms. The lowest BCUT2D eigenvalue weighted by Gasteiger charge is -2.35. The fourth-order valence-corrected chi connectivity index (χ4v) is 2.22. The van der Waals surface area contributed by atoms with Crippen LogP contribution in [0.25, 0.3) is 0 Å². The molecule has 1 aromatic carbocycles. The maximum Gasteiger partial charge on any atom is 0.256 e. The van der Waals surface area contributed by atoms with Gasteiger partial charge in [-0.2, -0.15) is 0 Å². The first kappa shape index (κ1) is 13.1. The van der Waals surface area contributed by atoms with Crippen LogP contribution in [0.1, 0.15) is 31.4 Å². The van der Waals surface area contributed by atoms with Gasteiger partial charge in [-0.1, -0.05) is 12.1 Å². The van der Waals surface area contributed by atoms with Crippen LogP contribution in [0.4, 0.5) is 5.69 Å². The molecule has 2 rings (SSSR count). The summed E-state index contributed by atoms with van der Waals surface area (Å²) in [5.74, 6) is 0.0879. The Morgan fingerprint density at radius 2 is 2.06 bits per heavy atom. The molecule has 0 N–H and O–H groups in total. The van der Waals surface area contributed by atoms with Crippen LogP contribution in [0.15, 0.2) is 18.2 Å². The maximum atomic E-state index is 12.4. The van der Waals surface area contributed by atoms with Gasteiger partial charge in [-0.05, 0) is 44.9 Å². The highest BCUT2D eigenvalue weighted by Gasteiger charge is 2.33. The highest BCUT2D eigenvalue weighted by atomic mass is 16.5. The van der Waals surface area contributed by atoms with Crippen LogP contribution in [0.3, 0.4) is 0 Å². The number of ether oxygens (including phenoxy) is 1. The minimum atomic E-state index is -0.243. The van der Waals surface area contributed by atoms with E-state index in [0.29, 0.717) is 6.61 Å². The van der Waals surface area contributed by atoms with Crippen molar-refractivity contribution in [2.45, 2.75) is 46.3 Å². The van der Waals surface area contributed by atoms with Crippen LogP contribution in [-0.2, 0) is 9.53 Å². The molecule has 1 atom stereocenters. The van der Waals surface area contributed by atoms with Crippen LogP contribution in [0.5, 0.6) is 0 Å². The summed E-state index contributed by atoms with van der Waals surface area (Å²) >= 11 is 0. The summed E-state index contributed by atoms with van der Waals surface area (Å²) in [6, 6.07) is 6.35. The molecule has 0 saturated carbocycles. The van der Waals surface area contributed by atoms with Gasteiger partial charge in [-0.3, -0.25) is 4.79 Å². The van der Waals surface area contributed by atoms with Crippen LogP contribution in [0, 0.1) is 13.8 Å². The van der Waals surface area contributed by atoms with Gasteiger partial charge in [0.15, 0.2) is 0 Å². The fraction of sp³-hybridized carbons (Fsp3) is 0.533. The maximum absolute atomic E-state index is 12.4. The molecule has 1 aliphatic rings. The first-order valence-electron chi connectivity index (χ1n) is 6.52. The van der Waals surface area contributed by atoms with Crippen molar-refractivity contribution in [3.63, 3.8) is 0 Å². The van der Waals surface area contributed by atoms with Gasteiger partial charge >= 0.3 is 0 Å².